The Morgan fingerprint density at radius 1 is 1.11 bits per heavy atom. The molecule has 0 aromatic heterocycles. The molecule has 9 nitrogen and oxygen atoms in total. The lowest BCUT2D eigenvalue weighted by atomic mass is 9.98. The fourth-order valence-corrected chi connectivity index (χ4v) is 6.16. The summed E-state index contributed by atoms with van der Waals surface area (Å²) in [7, 11) is -4.04. The number of ether oxygens (including phenoxy) is 2. The summed E-state index contributed by atoms with van der Waals surface area (Å²) in [6.07, 6.45) is -5.29. The van der Waals surface area contributed by atoms with Crippen LogP contribution >= 0.6 is 0 Å². The van der Waals surface area contributed by atoms with Crippen LogP contribution in [0.15, 0.2) is 24.3 Å². The standard InChI is InChI=1S/C20H28F3N3O6S.C2H6/c21-20(22,23)6-1-13-32-17-4-2-16(3-5-17)25-9-11-26(12-10-25)33(29,30)19(18(27)24-28)7-14-31-15-8-19;1-2/h2-5,28H,1,6-15H2,(H,24,27);1-2H3. The van der Waals surface area contributed by atoms with Crippen LogP contribution < -0.4 is 15.1 Å². The number of alkyl halides is 3. The van der Waals surface area contributed by atoms with E-state index >= 15 is 0 Å². The molecule has 3 rings (SSSR count). The van der Waals surface area contributed by atoms with Gasteiger partial charge in [0.2, 0.25) is 10.0 Å². The second-order valence-electron chi connectivity index (χ2n) is 8.00. The summed E-state index contributed by atoms with van der Waals surface area (Å²) < 4.78 is 73.3. The van der Waals surface area contributed by atoms with Crippen molar-refractivity contribution in [3.8, 4) is 5.75 Å². The molecule has 0 aliphatic carbocycles. The van der Waals surface area contributed by atoms with E-state index in [1.54, 1.807) is 24.3 Å². The predicted octanol–water partition coefficient (Wildman–Crippen LogP) is 2.94. The Morgan fingerprint density at radius 2 is 1.69 bits per heavy atom. The van der Waals surface area contributed by atoms with E-state index in [0.29, 0.717) is 18.8 Å². The lowest BCUT2D eigenvalue weighted by molar-refractivity contribution is -0.136. The van der Waals surface area contributed by atoms with Gasteiger partial charge in [-0.3, -0.25) is 10.0 Å². The molecule has 200 valence electrons. The van der Waals surface area contributed by atoms with Crippen molar-refractivity contribution < 1.29 is 41.1 Å². The van der Waals surface area contributed by atoms with Crippen molar-refractivity contribution in [2.45, 2.75) is 50.5 Å². The molecule has 2 aliphatic rings. The number of piperazine rings is 1. The van der Waals surface area contributed by atoms with Gasteiger partial charge in [0.1, 0.15) is 5.75 Å². The molecular formula is C22H34F3N3O6S. The quantitative estimate of drug-likeness (QED) is 0.305. The molecule has 2 fully saturated rings. The Kier molecular flexibility index (Phi) is 10.6. The Labute approximate surface area is 204 Å². The van der Waals surface area contributed by atoms with E-state index in [4.69, 9.17) is 14.7 Å². The zero-order chi connectivity index (χ0) is 26.1. The number of carbonyl (C=O) groups excluding carboxylic acids is 1. The fourth-order valence-electron chi connectivity index (χ4n) is 4.05. The number of hydroxylamine groups is 1. The first-order valence-electron chi connectivity index (χ1n) is 11.7. The minimum atomic E-state index is -4.20. The van der Waals surface area contributed by atoms with E-state index in [0.717, 1.165) is 5.69 Å². The molecule has 35 heavy (non-hydrogen) atoms. The maximum Gasteiger partial charge on any atom is 0.389 e. The summed E-state index contributed by atoms with van der Waals surface area (Å²) in [5, 5.41) is 9.14. The molecule has 0 radical (unpaired) electrons. The largest absolute Gasteiger partial charge is 0.494 e. The first-order valence-corrected chi connectivity index (χ1v) is 13.1. The van der Waals surface area contributed by atoms with Gasteiger partial charge in [-0.2, -0.15) is 17.5 Å². The summed E-state index contributed by atoms with van der Waals surface area (Å²) >= 11 is 0. The van der Waals surface area contributed by atoms with E-state index in [2.05, 4.69) is 0 Å². The normalized spacial score (nSPS) is 18.9. The average molecular weight is 526 g/mol. The number of sulfonamides is 1. The molecule has 0 bridgehead atoms. The summed E-state index contributed by atoms with van der Waals surface area (Å²) in [5.41, 5.74) is 2.33. The number of hydrogen-bond acceptors (Lipinski definition) is 7. The van der Waals surface area contributed by atoms with Crippen molar-refractivity contribution in [2.24, 2.45) is 0 Å². The van der Waals surface area contributed by atoms with Crippen molar-refractivity contribution in [3.63, 3.8) is 0 Å². The smallest absolute Gasteiger partial charge is 0.389 e. The second kappa shape index (κ2) is 12.7. The van der Waals surface area contributed by atoms with Crippen molar-refractivity contribution in [3.05, 3.63) is 24.3 Å². The highest BCUT2D eigenvalue weighted by Gasteiger charge is 2.54. The van der Waals surface area contributed by atoms with E-state index in [1.807, 2.05) is 18.7 Å². The van der Waals surface area contributed by atoms with Crippen molar-refractivity contribution in [1.29, 1.82) is 0 Å². The number of nitrogens with zero attached hydrogens (tertiary/aromatic N) is 2. The second-order valence-corrected chi connectivity index (χ2v) is 10.2. The number of halogens is 3. The average Bonchev–Trinajstić information content (AvgIpc) is 2.87. The van der Waals surface area contributed by atoms with Gasteiger partial charge in [-0.15, -0.1) is 0 Å². The van der Waals surface area contributed by atoms with Gasteiger partial charge in [0, 0.05) is 64.3 Å². The van der Waals surface area contributed by atoms with Crippen LogP contribution in [-0.2, 0) is 19.6 Å². The molecule has 2 heterocycles. The van der Waals surface area contributed by atoms with E-state index in [1.165, 1.54) is 9.79 Å². The van der Waals surface area contributed by atoms with Gasteiger partial charge in [0.05, 0.1) is 6.61 Å². The number of rotatable bonds is 8. The van der Waals surface area contributed by atoms with Crippen molar-refractivity contribution in [1.82, 2.24) is 9.79 Å². The molecule has 0 saturated carbocycles. The van der Waals surface area contributed by atoms with Gasteiger partial charge < -0.3 is 14.4 Å². The highest BCUT2D eigenvalue weighted by Crippen LogP contribution is 2.34. The molecule has 1 aromatic carbocycles. The summed E-state index contributed by atoms with van der Waals surface area (Å²) in [6, 6.07) is 6.86. The lowest BCUT2D eigenvalue weighted by Gasteiger charge is -2.42. The van der Waals surface area contributed by atoms with Gasteiger partial charge in [0.25, 0.3) is 5.91 Å². The zero-order valence-corrected chi connectivity index (χ0v) is 20.8. The topological polar surface area (TPSA) is 108 Å². The Hall–Kier alpha value is -2.09. The number of amides is 1. The highest BCUT2D eigenvalue weighted by atomic mass is 32.2. The van der Waals surface area contributed by atoms with Crippen LogP contribution in [0.1, 0.15) is 39.5 Å². The maximum absolute atomic E-state index is 13.3. The Morgan fingerprint density at radius 3 is 2.20 bits per heavy atom. The molecular weight excluding hydrogens is 491 g/mol. The van der Waals surface area contributed by atoms with Gasteiger partial charge in [-0.1, -0.05) is 13.8 Å². The zero-order valence-electron chi connectivity index (χ0n) is 20.0. The van der Waals surface area contributed by atoms with Crippen LogP contribution in [0.5, 0.6) is 5.75 Å². The highest BCUT2D eigenvalue weighted by molar-refractivity contribution is 7.91. The van der Waals surface area contributed by atoms with Crippen LogP contribution in [0.25, 0.3) is 0 Å². The number of carbonyl (C=O) groups is 1. The van der Waals surface area contributed by atoms with Gasteiger partial charge in [-0.05, 0) is 30.7 Å². The third-order valence-electron chi connectivity index (χ3n) is 5.96. The third-order valence-corrected chi connectivity index (χ3v) is 8.59. The predicted molar refractivity (Wildman–Crippen MR) is 124 cm³/mol. The maximum atomic E-state index is 13.3. The van der Waals surface area contributed by atoms with Gasteiger partial charge in [-0.25, -0.2) is 13.9 Å². The van der Waals surface area contributed by atoms with Crippen LogP contribution in [0.2, 0.25) is 0 Å². The van der Waals surface area contributed by atoms with Gasteiger partial charge >= 0.3 is 6.18 Å². The van der Waals surface area contributed by atoms with E-state index in [-0.39, 0.29) is 52.2 Å². The van der Waals surface area contributed by atoms with Gasteiger partial charge in [0.15, 0.2) is 4.75 Å². The first-order chi connectivity index (χ1) is 16.6. The molecule has 2 saturated heterocycles. The monoisotopic (exact) mass is 525 g/mol. The van der Waals surface area contributed by atoms with Crippen LogP contribution in [0.4, 0.5) is 18.9 Å². The number of nitrogens with one attached hydrogen (secondary N) is 1. The number of anilines is 1. The lowest BCUT2D eigenvalue weighted by Crippen LogP contribution is -2.62. The van der Waals surface area contributed by atoms with Crippen molar-refractivity contribution >= 4 is 21.6 Å². The molecule has 0 spiro atoms. The summed E-state index contributed by atoms with van der Waals surface area (Å²) in [4.78, 5) is 14.3. The van der Waals surface area contributed by atoms with E-state index < -0.39 is 33.3 Å². The van der Waals surface area contributed by atoms with Crippen LogP contribution in [0.3, 0.4) is 0 Å². The summed E-state index contributed by atoms with van der Waals surface area (Å²) in [6.45, 7) is 5.29. The first kappa shape index (κ1) is 29.1. The SMILES string of the molecule is CC.O=C(NO)C1(S(=O)(=O)N2CCN(c3ccc(OCCCC(F)(F)F)cc3)CC2)CCOCC1. The molecule has 1 amide bonds. The number of hydrogen-bond donors (Lipinski definition) is 2. The minimum Gasteiger partial charge on any atom is -0.494 e. The molecule has 2 aliphatic heterocycles. The fraction of sp³-hybridized carbons (Fsp3) is 0.682. The molecule has 0 atom stereocenters. The molecule has 1 aromatic rings. The third kappa shape index (κ3) is 7.21. The van der Waals surface area contributed by atoms with Crippen molar-refractivity contribution in [2.75, 3.05) is 50.9 Å². The minimum absolute atomic E-state index is 0.0353. The Bertz CT molecular complexity index is 898. The molecule has 2 N–H and O–H groups in total. The molecule has 0 unspecified atom stereocenters. The van der Waals surface area contributed by atoms with E-state index in [9.17, 15) is 26.4 Å². The Balaban J connectivity index is 0.00000210. The summed E-state index contributed by atoms with van der Waals surface area (Å²) in [5.74, 6) is -0.488. The number of benzene rings is 1. The molecule has 13 heteroatoms. The van der Waals surface area contributed by atoms with Crippen LogP contribution in [-0.4, -0.2) is 80.8 Å². The van der Waals surface area contributed by atoms with Crippen LogP contribution in [0, 0.1) is 0 Å².